The molecule has 0 saturated carbocycles. The second-order valence-corrected chi connectivity index (χ2v) is 7.80. The van der Waals surface area contributed by atoms with E-state index >= 15 is 0 Å². The Morgan fingerprint density at radius 3 is 2.38 bits per heavy atom. The van der Waals surface area contributed by atoms with Gasteiger partial charge in [-0.1, -0.05) is 23.7 Å². The van der Waals surface area contributed by atoms with Crippen LogP contribution in [-0.2, 0) is 0 Å². The van der Waals surface area contributed by atoms with Gasteiger partial charge in [0.1, 0.15) is 23.6 Å². The Bertz CT molecular complexity index is 1210. The Morgan fingerprint density at radius 1 is 1.06 bits per heavy atom. The number of benzene rings is 2. The fourth-order valence-electron chi connectivity index (χ4n) is 3.81. The summed E-state index contributed by atoms with van der Waals surface area (Å²) < 4.78 is 24.7. The number of hydrogen-bond acceptors (Lipinski definition) is 9. The molecule has 1 saturated heterocycles. The SMILES string of the molecule is COc1cc(OC)c(Nc2ncnc(N3CCN(c4ccccc4F)CC3)c2[N+](=O)[O-])cc1Cl. The minimum Gasteiger partial charge on any atom is -0.495 e. The molecule has 3 aromatic rings. The lowest BCUT2D eigenvalue weighted by molar-refractivity contribution is -0.383. The molecule has 178 valence electrons. The van der Waals surface area contributed by atoms with Crippen LogP contribution in [0.15, 0.2) is 42.7 Å². The maximum atomic E-state index is 14.2. The molecular formula is C22H22ClFN6O4. The number of rotatable bonds is 7. The van der Waals surface area contributed by atoms with Crippen LogP contribution in [0, 0.1) is 15.9 Å². The topological polar surface area (TPSA) is 106 Å². The number of methoxy groups -OCH3 is 2. The molecule has 0 bridgehead atoms. The minimum atomic E-state index is -0.529. The number of para-hydroxylation sites is 1. The number of halogens is 2. The third-order valence-electron chi connectivity index (χ3n) is 5.48. The molecule has 1 aromatic heterocycles. The van der Waals surface area contributed by atoms with E-state index in [2.05, 4.69) is 15.3 Å². The molecule has 0 amide bonds. The standard InChI is InChI=1S/C22H22ClFN6O4/c1-33-18-12-19(34-2)16(11-14(18)23)27-21-20(30(31)32)22(26-13-25-21)29-9-7-28(8-10-29)17-6-4-3-5-15(17)24/h3-6,11-13H,7-10H2,1-2H3,(H,25,26,27). The van der Waals surface area contributed by atoms with Crippen LogP contribution in [0.1, 0.15) is 0 Å². The zero-order valence-corrected chi connectivity index (χ0v) is 19.3. The molecule has 10 nitrogen and oxygen atoms in total. The molecule has 34 heavy (non-hydrogen) atoms. The van der Waals surface area contributed by atoms with E-state index in [0.717, 1.165) is 0 Å². The van der Waals surface area contributed by atoms with Crippen molar-refractivity contribution in [2.75, 3.05) is 55.5 Å². The van der Waals surface area contributed by atoms with E-state index in [-0.39, 0.29) is 23.1 Å². The molecule has 2 aromatic carbocycles. The second kappa shape index (κ2) is 9.96. The van der Waals surface area contributed by atoms with Crippen molar-refractivity contribution in [1.82, 2.24) is 9.97 Å². The Balaban J connectivity index is 1.61. The lowest BCUT2D eigenvalue weighted by Gasteiger charge is -2.36. The number of nitro groups is 1. The van der Waals surface area contributed by atoms with Gasteiger partial charge in [0, 0.05) is 32.2 Å². The van der Waals surface area contributed by atoms with Crippen molar-refractivity contribution < 1.29 is 18.8 Å². The van der Waals surface area contributed by atoms with Crippen LogP contribution in [-0.4, -0.2) is 55.3 Å². The molecule has 12 heteroatoms. The first-order valence-electron chi connectivity index (χ1n) is 10.3. The molecule has 0 unspecified atom stereocenters. The van der Waals surface area contributed by atoms with Crippen LogP contribution >= 0.6 is 11.6 Å². The molecule has 0 aliphatic carbocycles. The fourth-order valence-corrected chi connectivity index (χ4v) is 4.05. The number of nitrogens with one attached hydrogen (secondary N) is 1. The summed E-state index contributed by atoms with van der Waals surface area (Å²) in [5, 5.41) is 15.3. The molecule has 0 spiro atoms. The van der Waals surface area contributed by atoms with Gasteiger partial charge < -0.3 is 24.6 Å². The molecule has 0 atom stereocenters. The monoisotopic (exact) mass is 488 g/mol. The highest BCUT2D eigenvalue weighted by Gasteiger charge is 2.30. The molecule has 0 radical (unpaired) electrons. The Labute approximate surface area is 200 Å². The summed E-state index contributed by atoms with van der Waals surface area (Å²) in [4.78, 5) is 23.5. The summed E-state index contributed by atoms with van der Waals surface area (Å²) >= 11 is 6.23. The summed E-state index contributed by atoms with van der Waals surface area (Å²) in [5.74, 6) is 0.631. The third-order valence-corrected chi connectivity index (χ3v) is 5.78. The summed E-state index contributed by atoms with van der Waals surface area (Å²) in [5.41, 5.74) is 0.603. The van der Waals surface area contributed by atoms with Crippen LogP contribution in [0.25, 0.3) is 0 Å². The first kappa shape index (κ1) is 23.3. The Kier molecular flexibility index (Phi) is 6.82. The second-order valence-electron chi connectivity index (χ2n) is 7.39. The van der Waals surface area contributed by atoms with Gasteiger partial charge in [-0.2, -0.15) is 0 Å². The number of piperazine rings is 1. The van der Waals surface area contributed by atoms with Crippen LogP contribution in [0.3, 0.4) is 0 Å². The zero-order valence-electron chi connectivity index (χ0n) is 18.5. The molecule has 2 heterocycles. The van der Waals surface area contributed by atoms with Crippen molar-refractivity contribution in [1.29, 1.82) is 0 Å². The van der Waals surface area contributed by atoms with Crippen LogP contribution in [0.2, 0.25) is 5.02 Å². The first-order valence-corrected chi connectivity index (χ1v) is 10.7. The Morgan fingerprint density at radius 2 is 1.74 bits per heavy atom. The summed E-state index contributed by atoms with van der Waals surface area (Å²) in [6, 6.07) is 9.65. The van der Waals surface area contributed by atoms with Crippen molar-refractivity contribution in [2.45, 2.75) is 0 Å². The van der Waals surface area contributed by atoms with Gasteiger partial charge in [0.15, 0.2) is 0 Å². The van der Waals surface area contributed by atoms with Gasteiger partial charge in [0.25, 0.3) is 0 Å². The van der Waals surface area contributed by atoms with Crippen LogP contribution < -0.4 is 24.6 Å². The summed E-state index contributed by atoms with van der Waals surface area (Å²) in [6.07, 6.45) is 1.26. The number of anilines is 4. The normalized spacial score (nSPS) is 13.5. The predicted octanol–water partition coefficient (Wildman–Crippen LogP) is 4.26. The molecule has 1 aliphatic rings. The highest BCUT2D eigenvalue weighted by atomic mass is 35.5. The van der Waals surface area contributed by atoms with Crippen molar-refractivity contribution in [3.63, 3.8) is 0 Å². The number of ether oxygens (including phenoxy) is 2. The lowest BCUT2D eigenvalue weighted by Crippen LogP contribution is -2.47. The van der Waals surface area contributed by atoms with Gasteiger partial charge >= 0.3 is 5.69 Å². The summed E-state index contributed by atoms with van der Waals surface area (Å²) in [6.45, 7) is 1.80. The van der Waals surface area contributed by atoms with E-state index in [1.165, 1.54) is 32.7 Å². The highest BCUT2D eigenvalue weighted by molar-refractivity contribution is 6.32. The van der Waals surface area contributed by atoms with E-state index in [9.17, 15) is 14.5 Å². The van der Waals surface area contributed by atoms with E-state index in [1.54, 1.807) is 29.2 Å². The summed E-state index contributed by atoms with van der Waals surface area (Å²) in [7, 11) is 2.93. The van der Waals surface area contributed by atoms with Gasteiger partial charge in [-0.3, -0.25) is 10.1 Å². The van der Waals surface area contributed by atoms with Gasteiger partial charge in [-0.05, 0) is 18.2 Å². The van der Waals surface area contributed by atoms with Crippen molar-refractivity contribution >= 4 is 40.3 Å². The van der Waals surface area contributed by atoms with Gasteiger partial charge in [-0.25, -0.2) is 14.4 Å². The largest absolute Gasteiger partial charge is 0.495 e. The van der Waals surface area contributed by atoms with Crippen molar-refractivity contribution in [3.8, 4) is 11.5 Å². The van der Waals surface area contributed by atoms with Gasteiger partial charge in [0.2, 0.25) is 11.6 Å². The number of aromatic nitrogens is 2. The van der Waals surface area contributed by atoms with Crippen LogP contribution in [0.5, 0.6) is 11.5 Å². The van der Waals surface area contributed by atoms with Crippen LogP contribution in [0.4, 0.5) is 33.1 Å². The van der Waals surface area contributed by atoms with E-state index in [1.807, 2.05) is 4.90 Å². The molecule has 1 aliphatic heterocycles. The average Bonchev–Trinajstić information content (AvgIpc) is 2.84. The molecule has 4 rings (SSSR count). The van der Waals surface area contributed by atoms with Gasteiger partial charge in [0.05, 0.1) is 35.5 Å². The lowest BCUT2D eigenvalue weighted by atomic mass is 10.2. The van der Waals surface area contributed by atoms with Crippen molar-refractivity contribution in [3.05, 3.63) is 63.7 Å². The smallest absolute Gasteiger partial charge is 0.353 e. The number of nitrogens with zero attached hydrogens (tertiary/aromatic N) is 5. The molecule has 1 fully saturated rings. The van der Waals surface area contributed by atoms with Gasteiger partial charge in [-0.15, -0.1) is 0 Å². The molecule has 1 N–H and O–H groups in total. The van der Waals surface area contributed by atoms with E-state index < -0.39 is 4.92 Å². The Hall–Kier alpha value is -3.86. The minimum absolute atomic E-state index is 0.00827. The van der Waals surface area contributed by atoms with E-state index in [4.69, 9.17) is 21.1 Å². The maximum absolute atomic E-state index is 14.2. The van der Waals surface area contributed by atoms with E-state index in [0.29, 0.717) is 54.1 Å². The maximum Gasteiger partial charge on any atom is 0.353 e. The number of hydrogen-bond donors (Lipinski definition) is 1. The highest BCUT2D eigenvalue weighted by Crippen LogP contribution is 2.40. The van der Waals surface area contributed by atoms with Crippen molar-refractivity contribution in [2.24, 2.45) is 0 Å². The third kappa shape index (κ3) is 4.60. The average molecular weight is 489 g/mol. The first-order chi connectivity index (χ1) is 16.4. The predicted molar refractivity (Wildman–Crippen MR) is 127 cm³/mol. The fraction of sp³-hybridized carbons (Fsp3) is 0.273. The zero-order chi connectivity index (χ0) is 24.2. The quantitative estimate of drug-likeness (QED) is 0.385. The molecular weight excluding hydrogens is 467 g/mol.